The van der Waals surface area contributed by atoms with Crippen molar-refractivity contribution >= 4 is 45.7 Å². The second-order valence-corrected chi connectivity index (χ2v) is 13.6. The van der Waals surface area contributed by atoms with Crippen molar-refractivity contribution in [2.75, 3.05) is 16.8 Å². The highest BCUT2D eigenvalue weighted by molar-refractivity contribution is 6.22. The zero-order valence-electron chi connectivity index (χ0n) is 28.5. The third-order valence-electron chi connectivity index (χ3n) is 10.2. The molecule has 7 nitrogen and oxygen atoms in total. The summed E-state index contributed by atoms with van der Waals surface area (Å²) in [7, 11) is 0. The number of rotatable bonds is 12. The molecular weight excluding hydrogens is 612 g/mol. The summed E-state index contributed by atoms with van der Waals surface area (Å²) in [6.45, 7) is 5.90. The third kappa shape index (κ3) is 6.91. The van der Waals surface area contributed by atoms with E-state index in [4.69, 9.17) is 0 Å². The van der Waals surface area contributed by atoms with Crippen LogP contribution in [0.4, 0.5) is 17.1 Å². The van der Waals surface area contributed by atoms with Crippen LogP contribution in [0.5, 0.6) is 5.75 Å². The van der Waals surface area contributed by atoms with Crippen molar-refractivity contribution in [2.24, 2.45) is 23.7 Å². The van der Waals surface area contributed by atoms with E-state index in [9.17, 15) is 24.9 Å². The van der Waals surface area contributed by atoms with Crippen LogP contribution in [0, 0.1) is 23.7 Å². The molecule has 254 valence electrons. The van der Waals surface area contributed by atoms with Crippen LogP contribution in [0.15, 0.2) is 108 Å². The van der Waals surface area contributed by atoms with Crippen molar-refractivity contribution in [3.05, 3.63) is 113 Å². The molecule has 0 unspecified atom stereocenters. The van der Waals surface area contributed by atoms with E-state index in [1.165, 1.54) is 10.5 Å². The van der Waals surface area contributed by atoms with Crippen molar-refractivity contribution in [1.29, 1.82) is 0 Å². The van der Waals surface area contributed by atoms with Crippen LogP contribution in [0.25, 0.3) is 16.8 Å². The number of benzene rings is 4. The first kappa shape index (κ1) is 34.2. The number of anilines is 3. The van der Waals surface area contributed by atoms with Crippen LogP contribution in [0.3, 0.4) is 0 Å². The van der Waals surface area contributed by atoms with E-state index in [2.05, 4.69) is 18.3 Å². The fraction of sp³-hybridized carbons (Fsp3) is 0.333. The van der Waals surface area contributed by atoms with Gasteiger partial charge in [-0.05, 0) is 90.6 Å². The normalized spacial score (nSPS) is 20.3. The summed E-state index contributed by atoms with van der Waals surface area (Å²) in [5.41, 5.74) is 6.15. The Labute approximate surface area is 288 Å². The lowest BCUT2D eigenvalue weighted by Gasteiger charge is -2.38. The zero-order valence-corrected chi connectivity index (χ0v) is 28.5. The van der Waals surface area contributed by atoms with Gasteiger partial charge in [-0.15, -0.1) is 0 Å². The van der Waals surface area contributed by atoms with E-state index >= 15 is 0 Å². The van der Waals surface area contributed by atoms with Crippen molar-refractivity contribution < 1.29 is 24.9 Å². The Balaban J connectivity index is 1.24. The first-order valence-electron chi connectivity index (χ1n) is 17.4. The molecule has 1 saturated heterocycles. The zero-order chi connectivity index (χ0) is 34.7. The second-order valence-electron chi connectivity index (χ2n) is 13.6. The fourth-order valence-corrected chi connectivity index (χ4v) is 7.80. The minimum absolute atomic E-state index is 0.0361. The number of aliphatic hydroxyl groups excluding tert-OH is 2. The van der Waals surface area contributed by atoms with Crippen LogP contribution in [-0.2, 0) is 9.59 Å². The van der Waals surface area contributed by atoms with Gasteiger partial charge in [0.1, 0.15) is 5.75 Å². The Kier molecular flexibility index (Phi) is 10.3. The fourth-order valence-electron chi connectivity index (χ4n) is 7.80. The standard InChI is InChI=1S/C42H46N2O5/c1-4-10-27(23-28-16-22-37(46)33-14-9-8-13-32(28)33)15-21-38(47)39-34(26(2)3)24-35-40(36(39)25-45)42(49)44(41(35)48)31-19-17-30(18-20-31)43-29-11-6-5-7-12-29/h5-9,11-14,16-20,22-23,26,35-36,38,40,43,45-47H,4,10,15,21,24-25H2,1-3H3/b27-23+/t35-,36+,38-,40-/m1/s1. The van der Waals surface area contributed by atoms with E-state index in [1.54, 1.807) is 18.2 Å². The van der Waals surface area contributed by atoms with Gasteiger partial charge in [0, 0.05) is 22.7 Å². The molecule has 1 fully saturated rings. The first-order valence-corrected chi connectivity index (χ1v) is 17.4. The van der Waals surface area contributed by atoms with Gasteiger partial charge < -0.3 is 20.6 Å². The second kappa shape index (κ2) is 14.8. The maximum absolute atomic E-state index is 14.1. The molecule has 2 aliphatic rings. The number of imide groups is 1. The van der Waals surface area contributed by atoms with Crippen molar-refractivity contribution in [1.82, 2.24) is 0 Å². The Morgan fingerprint density at radius 1 is 0.878 bits per heavy atom. The molecule has 49 heavy (non-hydrogen) atoms. The molecule has 2 amide bonds. The van der Waals surface area contributed by atoms with E-state index in [1.807, 2.05) is 86.6 Å². The summed E-state index contributed by atoms with van der Waals surface area (Å²) in [5.74, 6) is -2.26. The van der Waals surface area contributed by atoms with Gasteiger partial charge in [0.2, 0.25) is 11.8 Å². The highest BCUT2D eigenvalue weighted by atomic mass is 16.3. The highest BCUT2D eigenvalue weighted by Gasteiger charge is 2.55. The maximum Gasteiger partial charge on any atom is 0.238 e. The van der Waals surface area contributed by atoms with Gasteiger partial charge in [0.15, 0.2) is 0 Å². The van der Waals surface area contributed by atoms with Gasteiger partial charge in [-0.1, -0.05) is 92.9 Å². The molecule has 0 bridgehead atoms. The number of carbonyl (C=O) groups is 2. The molecule has 4 aromatic carbocycles. The number of hydrogen-bond acceptors (Lipinski definition) is 6. The summed E-state index contributed by atoms with van der Waals surface area (Å²) < 4.78 is 0. The predicted molar refractivity (Wildman–Crippen MR) is 196 cm³/mol. The topological polar surface area (TPSA) is 110 Å². The number of phenols is 1. The van der Waals surface area contributed by atoms with Crippen molar-refractivity contribution in [3.8, 4) is 5.75 Å². The number of aliphatic hydroxyl groups is 2. The van der Waals surface area contributed by atoms with Crippen LogP contribution in [0.2, 0.25) is 0 Å². The number of para-hydroxylation sites is 1. The summed E-state index contributed by atoms with van der Waals surface area (Å²) in [4.78, 5) is 29.3. The molecule has 0 spiro atoms. The molecular formula is C42H46N2O5. The molecule has 6 rings (SSSR count). The summed E-state index contributed by atoms with van der Waals surface area (Å²) in [5, 5.41) is 38.1. The number of nitrogens with zero attached hydrogens (tertiary/aromatic N) is 1. The predicted octanol–water partition coefficient (Wildman–Crippen LogP) is 8.38. The quantitative estimate of drug-likeness (QED) is 0.0899. The van der Waals surface area contributed by atoms with Crippen LogP contribution < -0.4 is 10.2 Å². The van der Waals surface area contributed by atoms with Gasteiger partial charge in [0.25, 0.3) is 0 Å². The lowest BCUT2D eigenvalue weighted by atomic mass is 9.66. The molecule has 1 aliphatic heterocycles. The molecule has 7 heteroatoms. The van der Waals surface area contributed by atoms with Crippen LogP contribution >= 0.6 is 0 Å². The van der Waals surface area contributed by atoms with Gasteiger partial charge >= 0.3 is 0 Å². The Bertz CT molecular complexity index is 1880. The smallest absolute Gasteiger partial charge is 0.238 e. The number of aromatic hydroxyl groups is 1. The third-order valence-corrected chi connectivity index (χ3v) is 10.2. The largest absolute Gasteiger partial charge is 0.507 e. The van der Waals surface area contributed by atoms with Gasteiger partial charge in [-0.3, -0.25) is 14.5 Å². The Hall–Kier alpha value is -4.72. The lowest BCUT2D eigenvalue weighted by molar-refractivity contribution is -0.123. The lowest BCUT2D eigenvalue weighted by Crippen LogP contribution is -2.39. The number of nitrogens with one attached hydrogen (secondary N) is 1. The SMILES string of the molecule is CCC/C(=C\c1ccc(O)c2ccccc12)CC[C@@H](O)C1=C(C(C)C)C[C@H]2C(=O)N(c3ccc(Nc4ccccc4)cc3)C(=O)[C@H]2[C@H]1CO. The van der Waals surface area contributed by atoms with Gasteiger partial charge in [0.05, 0.1) is 30.2 Å². The van der Waals surface area contributed by atoms with Gasteiger partial charge in [-0.2, -0.15) is 0 Å². The monoisotopic (exact) mass is 658 g/mol. The molecule has 0 saturated carbocycles. The molecule has 0 aromatic heterocycles. The summed E-state index contributed by atoms with van der Waals surface area (Å²) in [6, 6.07) is 28.4. The summed E-state index contributed by atoms with van der Waals surface area (Å²) in [6.07, 6.45) is 4.54. The average Bonchev–Trinajstić information content (AvgIpc) is 3.36. The van der Waals surface area contributed by atoms with Crippen molar-refractivity contribution in [3.63, 3.8) is 0 Å². The van der Waals surface area contributed by atoms with E-state index in [-0.39, 0.29) is 30.1 Å². The Morgan fingerprint density at radius 3 is 2.22 bits per heavy atom. The van der Waals surface area contributed by atoms with E-state index in [0.29, 0.717) is 24.9 Å². The molecule has 4 N–H and O–H groups in total. The minimum Gasteiger partial charge on any atom is -0.507 e. The van der Waals surface area contributed by atoms with E-state index in [0.717, 1.165) is 51.7 Å². The van der Waals surface area contributed by atoms with Crippen LogP contribution in [0.1, 0.15) is 58.4 Å². The molecule has 1 aliphatic carbocycles. The number of amides is 2. The minimum atomic E-state index is -0.868. The number of fused-ring (bicyclic) bond motifs is 2. The molecule has 4 aromatic rings. The highest BCUT2D eigenvalue weighted by Crippen LogP contribution is 2.49. The number of allylic oxidation sites excluding steroid dienone is 2. The number of hydrogen-bond donors (Lipinski definition) is 4. The summed E-state index contributed by atoms with van der Waals surface area (Å²) >= 11 is 0. The van der Waals surface area contributed by atoms with E-state index < -0.39 is 23.9 Å². The Morgan fingerprint density at radius 2 is 1.55 bits per heavy atom. The maximum atomic E-state index is 14.1. The van der Waals surface area contributed by atoms with Crippen molar-refractivity contribution in [2.45, 2.75) is 59.0 Å². The first-order chi connectivity index (χ1) is 23.7. The number of phenolic OH excluding ortho intramolecular Hbond substituents is 1. The molecule has 1 heterocycles. The van der Waals surface area contributed by atoms with Gasteiger partial charge in [-0.25, -0.2) is 0 Å². The average molecular weight is 659 g/mol. The number of carbonyl (C=O) groups excluding carboxylic acids is 2. The van der Waals surface area contributed by atoms with Crippen LogP contribution in [-0.4, -0.2) is 39.8 Å². The molecule has 0 radical (unpaired) electrons. The molecule has 4 atom stereocenters.